The number of aromatic nitrogens is 2. The third kappa shape index (κ3) is 3.96. The standard InChI is InChI=1S/C16H26N4O2/c1-3-7-17-16(22)13(2)19-9-5-14(6-10-19)15-4-8-18-20(15)11-12-21/h3-4,8,13-14,21H,1,5-7,9-12H2,2H3,(H,17,22)/t13-/m0/s1. The molecule has 0 bridgehead atoms. The Morgan fingerprint density at radius 1 is 1.59 bits per heavy atom. The molecule has 1 amide bonds. The number of likely N-dealkylation sites (tertiary alicyclic amines) is 1. The van der Waals surface area contributed by atoms with Crippen LogP contribution in [0, 0.1) is 0 Å². The van der Waals surface area contributed by atoms with Crippen LogP contribution in [-0.2, 0) is 11.3 Å². The minimum atomic E-state index is -0.108. The Morgan fingerprint density at radius 3 is 2.95 bits per heavy atom. The molecule has 122 valence electrons. The van der Waals surface area contributed by atoms with E-state index in [2.05, 4.69) is 21.9 Å². The summed E-state index contributed by atoms with van der Waals surface area (Å²) in [6.07, 6.45) is 5.51. The summed E-state index contributed by atoms with van der Waals surface area (Å²) >= 11 is 0. The van der Waals surface area contributed by atoms with Gasteiger partial charge in [0.25, 0.3) is 0 Å². The third-order valence-corrected chi connectivity index (χ3v) is 4.36. The quantitative estimate of drug-likeness (QED) is 0.729. The van der Waals surface area contributed by atoms with Crippen molar-refractivity contribution in [2.45, 2.75) is 38.3 Å². The Kier molecular flexibility index (Phi) is 6.15. The van der Waals surface area contributed by atoms with Crippen molar-refractivity contribution in [1.29, 1.82) is 0 Å². The highest BCUT2D eigenvalue weighted by atomic mass is 16.3. The van der Waals surface area contributed by atoms with E-state index < -0.39 is 0 Å². The molecule has 6 heteroatoms. The summed E-state index contributed by atoms with van der Waals surface area (Å²) in [5.74, 6) is 0.511. The second kappa shape index (κ2) is 8.10. The number of hydrogen-bond acceptors (Lipinski definition) is 4. The van der Waals surface area contributed by atoms with Gasteiger partial charge in [-0.2, -0.15) is 5.10 Å². The topological polar surface area (TPSA) is 70.4 Å². The molecule has 1 fully saturated rings. The van der Waals surface area contributed by atoms with Crippen LogP contribution < -0.4 is 5.32 Å². The van der Waals surface area contributed by atoms with Crippen molar-refractivity contribution in [1.82, 2.24) is 20.0 Å². The molecule has 1 aromatic rings. The van der Waals surface area contributed by atoms with Crippen LogP contribution in [0.3, 0.4) is 0 Å². The lowest BCUT2D eigenvalue weighted by Gasteiger charge is -2.35. The molecule has 22 heavy (non-hydrogen) atoms. The van der Waals surface area contributed by atoms with Crippen molar-refractivity contribution in [3.8, 4) is 0 Å². The number of carbonyl (C=O) groups excluding carboxylic acids is 1. The summed E-state index contributed by atoms with van der Waals surface area (Å²) in [4.78, 5) is 14.2. The maximum Gasteiger partial charge on any atom is 0.237 e. The summed E-state index contributed by atoms with van der Waals surface area (Å²) in [5.41, 5.74) is 1.19. The largest absolute Gasteiger partial charge is 0.394 e. The molecular weight excluding hydrogens is 280 g/mol. The van der Waals surface area contributed by atoms with Gasteiger partial charge in [-0.05, 0) is 38.9 Å². The van der Waals surface area contributed by atoms with Crippen molar-refractivity contribution in [2.75, 3.05) is 26.2 Å². The predicted molar refractivity (Wildman–Crippen MR) is 85.5 cm³/mol. The molecule has 6 nitrogen and oxygen atoms in total. The Labute approximate surface area is 131 Å². The van der Waals surface area contributed by atoms with E-state index in [9.17, 15) is 4.79 Å². The van der Waals surface area contributed by atoms with Crippen LogP contribution in [0.5, 0.6) is 0 Å². The van der Waals surface area contributed by atoms with E-state index in [1.165, 1.54) is 5.69 Å². The van der Waals surface area contributed by atoms with Crippen LogP contribution in [-0.4, -0.2) is 58.0 Å². The summed E-state index contributed by atoms with van der Waals surface area (Å²) < 4.78 is 1.89. The first-order valence-corrected chi connectivity index (χ1v) is 7.92. The average Bonchev–Trinajstić information content (AvgIpc) is 3.00. The fourth-order valence-corrected chi connectivity index (χ4v) is 3.04. The maximum absolute atomic E-state index is 12.0. The monoisotopic (exact) mass is 306 g/mol. The zero-order chi connectivity index (χ0) is 15.9. The van der Waals surface area contributed by atoms with Gasteiger partial charge in [-0.25, -0.2) is 0 Å². The number of aliphatic hydroxyl groups is 1. The van der Waals surface area contributed by atoms with Crippen molar-refractivity contribution in [3.63, 3.8) is 0 Å². The van der Waals surface area contributed by atoms with E-state index in [1.807, 2.05) is 17.7 Å². The first kappa shape index (κ1) is 16.7. The van der Waals surface area contributed by atoms with Crippen molar-refractivity contribution < 1.29 is 9.90 Å². The lowest BCUT2D eigenvalue weighted by Crippen LogP contribution is -2.48. The minimum absolute atomic E-state index is 0.0590. The van der Waals surface area contributed by atoms with E-state index in [4.69, 9.17) is 5.11 Å². The SMILES string of the molecule is C=CCNC(=O)[C@H](C)N1CCC(c2ccnn2CCO)CC1. The van der Waals surface area contributed by atoms with E-state index >= 15 is 0 Å². The average molecular weight is 306 g/mol. The molecule has 0 aliphatic carbocycles. The van der Waals surface area contributed by atoms with Gasteiger partial charge >= 0.3 is 0 Å². The number of aliphatic hydroxyl groups excluding tert-OH is 1. The molecule has 1 saturated heterocycles. The number of hydrogen-bond donors (Lipinski definition) is 2. The molecular formula is C16H26N4O2. The molecule has 1 aliphatic rings. The normalized spacial score (nSPS) is 18.1. The van der Waals surface area contributed by atoms with E-state index in [-0.39, 0.29) is 18.6 Å². The molecule has 0 saturated carbocycles. The zero-order valence-electron chi connectivity index (χ0n) is 13.2. The van der Waals surface area contributed by atoms with E-state index in [0.717, 1.165) is 25.9 Å². The Bertz CT molecular complexity index is 492. The molecule has 0 radical (unpaired) electrons. The smallest absolute Gasteiger partial charge is 0.237 e. The zero-order valence-corrected chi connectivity index (χ0v) is 13.2. The second-order valence-electron chi connectivity index (χ2n) is 5.72. The Hall–Kier alpha value is -1.66. The summed E-state index contributed by atoms with van der Waals surface area (Å²) in [6.45, 7) is 8.53. The number of amides is 1. The minimum Gasteiger partial charge on any atom is -0.394 e. The summed E-state index contributed by atoms with van der Waals surface area (Å²) in [7, 11) is 0. The van der Waals surface area contributed by atoms with E-state index in [1.54, 1.807) is 12.3 Å². The number of nitrogens with zero attached hydrogens (tertiary/aromatic N) is 3. The third-order valence-electron chi connectivity index (χ3n) is 4.36. The molecule has 2 rings (SSSR count). The lowest BCUT2D eigenvalue weighted by molar-refractivity contribution is -0.126. The molecule has 2 N–H and O–H groups in total. The molecule has 1 aromatic heterocycles. The van der Waals surface area contributed by atoms with Crippen LogP contribution in [0.25, 0.3) is 0 Å². The van der Waals surface area contributed by atoms with Gasteiger partial charge in [0, 0.05) is 24.4 Å². The van der Waals surface area contributed by atoms with Crippen LogP contribution in [0.4, 0.5) is 0 Å². The van der Waals surface area contributed by atoms with Crippen LogP contribution in [0.1, 0.15) is 31.4 Å². The molecule has 2 heterocycles. The van der Waals surface area contributed by atoms with Gasteiger partial charge in [0.05, 0.1) is 19.2 Å². The van der Waals surface area contributed by atoms with Crippen molar-refractivity contribution >= 4 is 5.91 Å². The van der Waals surface area contributed by atoms with Crippen LogP contribution in [0.15, 0.2) is 24.9 Å². The number of rotatable bonds is 7. The number of carbonyl (C=O) groups is 1. The number of piperidine rings is 1. The molecule has 0 unspecified atom stereocenters. The van der Waals surface area contributed by atoms with Gasteiger partial charge in [0.2, 0.25) is 5.91 Å². The van der Waals surface area contributed by atoms with Gasteiger partial charge in [-0.15, -0.1) is 6.58 Å². The van der Waals surface area contributed by atoms with Gasteiger partial charge in [-0.1, -0.05) is 6.08 Å². The van der Waals surface area contributed by atoms with Gasteiger partial charge in [-0.3, -0.25) is 14.4 Å². The van der Waals surface area contributed by atoms with Crippen molar-refractivity contribution in [2.24, 2.45) is 0 Å². The summed E-state index contributed by atoms with van der Waals surface area (Å²) in [5, 5.41) is 16.2. The first-order chi connectivity index (χ1) is 10.7. The van der Waals surface area contributed by atoms with Gasteiger partial charge < -0.3 is 10.4 Å². The second-order valence-corrected chi connectivity index (χ2v) is 5.72. The molecule has 0 spiro atoms. The highest BCUT2D eigenvalue weighted by molar-refractivity contribution is 5.81. The molecule has 0 aromatic carbocycles. The van der Waals surface area contributed by atoms with Crippen LogP contribution in [0.2, 0.25) is 0 Å². The number of nitrogens with one attached hydrogen (secondary N) is 1. The van der Waals surface area contributed by atoms with Crippen molar-refractivity contribution in [3.05, 3.63) is 30.6 Å². The fourth-order valence-electron chi connectivity index (χ4n) is 3.04. The lowest BCUT2D eigenvalue weighted by atomic mass is 9.92. The van der Waals surface area contributed by atoms with Crippen LogP contribution >= 0.6 is 0 Å². The first-order valence-electron chi connectivity index (χ1n) is 7.92. The van der Waals surface area contributed by atoms with Gasteiger partial charge in [0.15, 0.2) is 0 Å². The van der Waals surface area contributed by atoms with Gasteiger partial charge in [0.1, 0.15) is 0 Å². The highest BCUT2D eigenvalue weighted by Gasteiger charge is 2.28. The Morgan fingerprint density at radius 2 is 2.32 bits per heavy atom. The summed E-state index contributed by atoms with van der Waals surface area (Å²) in [6, 6.07) is 1.93. The predicted octanol–water partition coefficient (Wildman–Crippen LogP) is 0.745. The fraction of sp³-hybridized carbons (Fsp3) is 0.625. The maximum atomic E-state index is 12.0. The Balaban J connectivity index is 1.88. The molecule has 1 aliphatic heterocycles. The van der Waals surface area contributed by atoms with E-state index in [0.29, 0.717) is 19.0 Å². The molecule has 1 atom stereocenters. The highest BCUT2D eigenvalue weighted by Crippen LogP contribution is 2.28.